The topological polar surface area (TPSA) is 15.6 Å². The SMILES string of the molecule is C1=CN2C=NI=C2S1. The van der Waals surface area contributed by atoms with Gasteiger partial charge in [-0.3, -0.25) is 4.90 Å². The van der Waals surface area contributed by atoms with Crippen molar-refractivity contribution >= 4 is 42.1 Å². The molecule has 0 bridgehead atoms. The van der Waals surface area contributed by atoms with Crippen LogP contribution in [0.15, 0.2) is 14.8 Å². The number of fused-ring (bicyclic) bond motifs is 1. The van der Waals surface area contributed by atoms with E-state index in [0.29, 0.717) is 0 Å². The van der Waals surface area contributed by atoms with Crippen LogP contribution < -0.4 is 0 Å². The van der Waals surface area contributed by atoms with E-state index in [1.807, 2.05) is 6.34 Å². The molecule has 0 fully saturated rings. The lowest BCUT2D eigenvalue weighted by molar-refractivity contribution is 0.912. The first-order chi connectivity index (χ1) is 3.97. The highest BCUT2D eigenvalue weighted by atomic mass is 127. The summed E-state index contributed by atoms with van der Waals surface area (Å²) in [6.07, 6.45) is 3.95. The Labute approximate surface area is 61.8 Å². The van der Waals surface area contributed by atoms with E-state index in [2.05, 4.69) is 19.7 Å². The summed E-state index contributed by atoms with van der Waals surface area (Å²) in [7, 11) is 0. The number of rotatable bonds is 0. The Morgan fingerprint density at radius 1 is 1.75 bits per heavy atom. The largest absolute Gasteiger partial charge is 0.295 e. The highest BCUT2D eigenvalue weighted by molar-refractivity contribution is 14.2. The summed E-state index contributed by atoms with van der Waals surface area (Å²) in [5.74, 6) is 0. The molecule has 2 aliphatic rings. The van der Waals surface area contributed by atoms with Crippen LogP contribution in [0, 0.1) is 0 Å². The third-order valence-electron chi connectivity index (χ3n) is 0.879. The molecular weight excluding hydrogens is 235 g/mol. The number of hydrogen-bond donors (Lipinski definition) is 0. The van der Waals surface area contributed by atoms with Crippen LogP contribution in [-0.2, 0) is 0 Å². The summed E-state index contributed by atoms with van der Waals surface area (Å²) in [5.41, 5.74) is 0. The van der Waals surface area contributed by atoms with Gasteiger partial charge in [0.05, 0.1) is 21.0 Å². The molecule has 0 radical (unpaired) electrons. The maximum absolute atomic E-state index is 4.17. The van der Waals surface area contributed by atoms with Gasteiger partial charge in [0.15, 0.2) is 0 Å². The van der Waals surface area contributed by atoms with E-state index in [1.165, 1.54) is 2.96 Å². The lowest BCUT2D eigenvalue weighted by atomic mass is 10.8. The second kappa shape index (κ2) is 1.84. The van der Waals surface area contributed by atoms with Crippen LogP contribution in [0.2, 0.25) is 0 Å². The van der Waals surface area contributed by atoms with Crippen molar-refractivity contribution in [1.29, 1.82) is 0 Å². The van der Waals surface area contributed by atoms with E-state index < -0.39 is 0 Å². The molecule has 2 aliphatic heterocycles. The number of thioether (sulfide) groups is 1. The van der Waals surface area contributed by atoms with Gasteiger partial charge in [0.2, 0.25) is 0 Å². The summed E-state index contributed by atoms with van der Waals surface area (Å²) >= 11 is 1.81. The third kappa shape index (κ3) is 0.628. The molecule has 8 heavy (non-hydrogen) atoms. The van der Waals surface area contributed by atoms with Gasteiger partial charge >= 0.3 is 0 Å². The van der Waals surface area contributed by atoms with Gasteiger partial charge in [0.25, 0.3) is 0 Å². The molecule has 0 aromatic rings. The summed E-state index contributed by atoms with van der Waals surface area (Å²) in [5, 5.41) is 2.10. The van der Waals surface area contributed by atoms with Crippen LogP contribution in [0.4, 0.5) is 0 Å². The fourth-order valence-corrected chi connectivity index (χ4v) is 3.32. The molecule has 0 saturated heterocycles. The molecule has 0 unspecified atom stereocenters. The van der Waals surface area contributed by atoms with Crippen LogP contribution in [0.5, 0.6) is 0 Å². The van der Waals surface area contributed by atoms with Gasteiger partial charge in [-0.05, 0) is 5.41 Å². The van der Waals surface area contributed by atoms with E-state index in [-0.39, 0.29) is 21.0 Å². The van der Waals surface area contributed by atoms with Crippen LogP contribution in [-0.4, -0.2) is 14.2 Å². The molecule has 2 rings (SSSR count). The molecule has 0 atom stereocenters. The fraction of sp³-hybridized carbons (Fsp3) is 0. The van der Waals surface area contributed by atoms with E-state index in [4.69, 9.17) is 0 Å². The molecule has 2 nitrogen and oxygen atoms in total. The second-order valence-corrected chi connectivity index (χ2v) is 5.05. The van der Waals surface area contributed by atoms with Gasteiger partial charge in [-0.2, -0.15) is 0 Å². The van der Waals surface area contributed by atoms with Crippen LogP contribution in [0.25, 0.3) is 0 Å². The third-order valence-corrected chi connectivity index (χ3v) is 4.27. The normalized spacial score (nSPS) is 23.0. The lowest BCUT2D eigenvalue weighted by Gasteiger charge is -2.00. The molecule has 2 heterocycles. The predicted octanol–water partition coefficient (Wildman–Crippen LogP) is 1.52. The first-order valence-corrected chi connectivity index (χ1v) is 5.05. The molecule has 0 aromatic carbocycles. The van der Waals surface area contributed by atoms with Crippen LogP contribution >= 0.6 is 32.8 Å². The van der Waals surface area contributed by atoms with Gasteiger partial charge in [-0.25, -0.2) is 3.21 Å². The minimum Gasteiger partial charge on any atom is -0.295 e. The van der Waals surface area contributed by atoms with Crippen molar-refractivity contribution < 1.29 is 0 Å². The van der Waals surface area contributed by atoms with E-state index in [1.54, 1.807) is 11.8 Å². The minimum absolute atomic E-state index is 0.0110. The van der Waals surface area contributed by atoms with Crippen molar-refractivity contribution in [2.24, 2.45) is 3.21 Å². The van der Waals surface area contributed by atoms with E-state index in [9.17, 15) is 0 Å². The molecular formula is C4H3IN2S. The molecule has 0 amide bonds. The zero-order chi connectivity index (χ0) is 5.40. The van der Waals surface area contributed by atoms with Crippen molar-refractivity contribution in [2.75, 3.05) is 0 Å². The Kier molecular flexibility index (Phi) is 1.15. The lowest BCUT2D eigenvalue weighted by Crippen LogP contribution is -2.10. The number of hydrogen-bond acceptors (Lipinski definition) is 3. The summed E-state index contributed by atoms with van der Waals surface area (Å²) in [6, 6.07) is 0. The summed E-state index contributed by atoms with van der Waals surface area (Å²) in [4.78, 5) is 2.10. The maximum Gasteiger partial charge on any atom is 0.136 e. The highest BCUT2D eigenvalue weighted by Gasteiger charge is 2.13. The monoisotopic (exact) mass is 238 g/mol. The van der Waals surface area contributed by atoms with Crippen molar-refractivity contribution in [3.63, 3.8) is 0 Å². The Morgan fingerprint density at radius 2 is 2.75 bits per heavy atom. The number of nitrogens with zero attached hydrogens (tertiary/aromatic N) is 2. The Balaban J connectivity index is 2.39. The maximum atomic E-state index is 4.17. The Hall–Kier alpha value is 0.160. The first-order valence-electron chi connectivity index (χ1n) is 2.13. The average molecular weight is 238 g/mol. The zero-order valence-electron chi connectivity index (χ0n) is 3.91. The quantitative estimate of drug-likeness (QED) is 0.594. The molecule has 0 N–H and O–H groups in total. The highest BCUT2D eigenvalue weighted by Crippen LogP contribution is 2.28. The average Bonchev–Trinajstić information content (AvgIpc) is 2.15. The van der Waals surface area contributed by atoms with Crippen LogP contribution in [0.1, 0.15) is 0 Å². The van der Waals surface area contributed by atoms with Gasteiger partial charge in [-0.15, -0.1) is 0 Å². The predicted molar refractivity (Wildman–Crippen MR) is 46.1 cm³/mol. The summed E-state index contributed by atoms with van der Waals surface area (Å²) < 4.78 is 5.60. The van der Waals surface area contributed by atoms with Crippen molar-refractivity contribution in [3.8, 4) is 0 Å². The molecule has 0 saturated carbocycles. The second-order valence-electron chi connectivity index (χ2n) is 1.36. The smallest absolute Gasteiger partial charge is 0.136 e. The van der Waals surface area contributed by atoms with Crippen molar-refractivity contribution in [3.05, 3.63) is 11.6 Å². The standard InChI is InChI=1S/C4H3IN2S/c1-2-8-4-5-6-3-7(1)4/h1-3H. The van der Waals surface area contributed by atoms with Gasteiger partial charge in [0, 0.05) is 6.20 Å². The van der Waals surface area contributed by atoms with Crippen molar-refractivity contribution in [1.82, 2.24) is 4.90 Å². The van der Waals surface area contributed by atoms with Gasteiger partial charge < -0.3 is 0 Å². The Bertz CT molecular complexity index is 196. The fourth-order valence-electron chi connectivity index (χ4n) is 0.530. The summed E-state index contributed by atoms with van der Waals surface area (Å²) in [6.45, 7) is 0. The molecule has 0 spiro atoms. The van der Waals surface area contributed by atoms with E-state index in [0.717, 1.165) is 0 Å². The number of halogens is 1. The Morgan fingerprint density at radius 3 is 3.62 bits per heavy atom. The first kappa shape index (κ1) is 4.99. The molecule has 4 heteroatoms. The molecule has 0 aliphatic carbocycles. The molecule has 0 aromatic heterocycles. The minimum atomic E-state index is 0.0110. The van der Waals surface area contributed by atoms with E-state index >= 15 is 0 Å². The van der Waals surface area contributed by atoms with Gasteiger partial charge in [-0.1, -0.05) is 11.8 Å². The zero-order valence-corrected chi connectivity index (χ0v) is 6.89. The van der Waals surface area contributed by atoms with Crippen LogP contribution in [0.3, 0.4) is 0 Å². The molecule has 42 valence electrons. The van der Waals surface area contributed by atoms with Crippen molar-refractivity contribution in [2.45, 2.75) is 0 Å². The van der Waals surface area contributed by atoms with Gasteiger partial charge in [0.1, 0.15) is 9.30 Å².